The van der Waals surface area contributed by atoms with Gasteiger partial charge >= 0.3 is 0 Å². The number of aryl methyl sites for hydroxylation is 3. The van der Waals surface area contributed by atoms with Gasteiger partial charge in [-0.1, -0.05) is 0 Å². The van der Waals surface area contributed by atoms with E-state index in [9.17, 15) is 0 Å². The van der Waals surface area contributed by atoms with Crippen molar-refractivity contribution in [3.8, 4) is 0 Å². The summed E-state index contributed by atoms with van der Waals surface area (Å²) in [7, 11) is 0. The van der Waals surface area contributed by atoms with Gasteiger partial charge in [0.15, 0.2) is 0 Å². The van der Waals surface area contributed by atoms with E-state index >= 15 is 0 Å². The standard InChI is InChI=1S/C14H22N4S/c1-8(2)15-14-16-9(3)7-18(14)11(5)13-10(4)17-12(6)19-13/h7-8,11H,1-6H3,(H,15,16). The summed E-state index contributed by atoms with van der Waals surface area (Å²) in [6, 6.07) is 0.630. The molecule has 0 aliphatic heterocycles. The Kier molecular flexibility index (Phi) is 3.94. The summed E-state index contributed by atoms with van der Waals surface area (Å²) >= 11 is 1.77. The Labute approximate surface area is 118 Å². The van der Waals surface area contributed by atoms with E-state index < -0.39 is 0 Å². The average molecular weight is 278 g/mol. The molecule has 0 saturated carbocycles. The zero-order valence-corrected chi connectivity index (χ0v) is 13.3. The third-order valence-corrected chi connectivity index (χ3v) is 4.25. The van der Waals surface area contributed by atoms with Gasteiger partial charge in [0.25, 0.3) is 0 Å². The molecule has 104 valence electrons. The molecule has 0 spiro atoms. The minimum atomic E-state index is 0.258. The van der Waals surface area contributed by atoms with Crippen LogP contribution in [0, 0.1) is 20.8 Å². The van der Waals surface area contributed by atoms with Gasteiger partial charge in [-0.25, -0.2) is 9.97 Å². The van der Waals surface area contributed by atoms with Gasteiger partial charge in [0.2, 0.25) is 5.95 Å². The molecule has 1 N–H and O–H groups in total. The first-order valence-corrected chi connectivity index (χ1v) is 7.46. The molecule has 0 radical (unpaired) electrons. The lowest BCUT2D eigenvalue weighted by Gasteiger charge is -2.17. The summed E-state index contributed by atoms with van der Waals surface area (Å²) in [5, 5.41) is 4.53. The minimum absolute atomic E-state index is 0.258. The van der Waals surface area contributed by atoms with E-state index in [0.29, 0.717) is 6.04 Å². The van der Waals surface area contributed by atoms with Crippen molar-refractivity contribution in [1.29, 1.82) is 0 Å². The van der Waals surface area contributed by atoms with Crippen molar-refractivity contribution in [3.63, 3.8) is 0 Å². The van der Waals surface area contributed by atoms with Crippen LogP contribution >= 0.6 is 11.3 Å². The number of hydrogen-bond acceptors (Lipinski definition) is 4. The van der Waals surface area contributed by atoms with E-state index in [4.69, 9.17) is 0 Å². The molecule has 1 atom stereocenters. The number of nitrogens with zero attached hydrogens (tertiary/aromatic N) is 3. The number of thiazole rings is 1. The highest BCUT2D eigenvalue weighted by molar-refractivity contribution is 7.11. The van der Waals surface area contributed by atoms with Gasteiger partial charge in [0.1, 0.15) is 0 Å². The predicted octanol–water partition coefficient (Wildman–Crippen LogP) is 3.69. The topological polar surface area (TPSA) is 42.7 Å². The van der Waals surface area contributed by atoms with Crippen molar-refractivity contribution in [2.75, 3.05) is 5.32 Å². The molecule has 2 aromatic heterocycles. The number of anilines is 1. The molecule has 2 heterocycles. The van der Waals surface area contributed by atoms with E-state index in [-0.39, 0.29) is 6.04 Å². The van der Waals surface area contributed by atoms with Gasteiger partial charge in [-0.3, -0.25) is 0 Å². The summed E-state index contributed by atoms with van der Waals surface area (Å²) in [6.45, 7) is 12.6. The fourth-order valence-electron chi connectivity index (χ4n) is 2.24. The molecule has 0 aliphatic carbocycles. The molecule has 4 nitrogen and oxygen atoms in total. The third-order valence-electron chi connectivity index (χ3n) is 3.01. The summed E-state index contributed by atoms with van der Waals surface area (Å²) in [4.78, 5) is 10.4. The summed E-state index contributed by atoms with van der Waals surface area (Å²) in [5.74, 6) is 0.936. The molecule has 0 aliphatic rings. The Hall–Kier alpha value is -1.36. The molecule has 5 heteroatoms. The number of rotatable bonds is 4. The second-order valence-electron chi connectivity index (χ2n) is 5.27. The molecule has 1 unspecified atom stereocenters. The minimum Gasteiger partial charge on any atom is -0.353 e. The molecule has 0 fully saturated rings. The van der Waals surface area contributed by atoms with Crippen LogP contribution in [0.1, 0.15) is 48.1 Å². The van der Waals surface area contributed by atoms with E-state index in [2.05, 4.69) is 60.7 Å². The van der Waals surface area contributed by atoms with Crippen LogP contribution in [0.5, 0.6) is 0 Å². The first-order valence-electron chi connectivity index (χ1n) is 6.64. The van der Waals surface area contributed by atoms with E-state index in [1.165, 1.54) is 4.88 Å². The zero-order chi connectivity index (χ0) is 14.2. The van der Waals surface area contributed by atoms with E-state index in [1.54, 1.807) is 11.3 Å². The molecular weight excluding hydrogens is 256 g/mol. The van der Waals surface area contributed by atoms with Gasteiger partial charge in [-0.05, 0) is 41.5 Å². The summed E-state index contributed by atoms with van der Waals surface area (Å²) in [5.41, 5.74) is 2.16. The van der Waals surface area contributed by atoms with Gasteiger partial charge in [-0.2, -0.15) is 0 Å². The smallest absolute Gasteiger partial charge is 0.203 e. The first kappa shape index (κ1) is 14.1. The van der Waals surface area contributed by atoms with Crippen LogP contribution in [0.2, 0.25) is 0 Å². The lowest BCUT2D eigenvalue weighted by Crippen LogP contribution is -2.16. The largest absolute Gasteiger partial charge is 0.353 e. The van der Waals surface area contributed by atoms with Crippen LogP contribution in [-0.4, -0.2) is 20.6 Å². The molecule has 2 aromatic rings. The Morgan fingerprint density at radius 3 is 2.37 bits per heavy atom. The maximum absolute atomic E-state index is 4.57. The number of imidazole rings is 1. The monoisotopic (exact) mass is 278 g/mol. The van der Waals surface area contributed by atoms with Crippen molar-refractivity contribution >= 4 is 17.3 Å². The maximum atomic E-state index is 4.57. The van der Waals surface area contributed by atoms with Crippen LogP contribution in [0.3, 0.4) is 0 Å². The van der Waals surface area contributed by atoms with Crippen LogP contribution < -0.4 is 5.32 Å². The zero-order valence-electron chi connectivity index (χ0n) is 12.5. The molecule has 2 rings (SSSR count). The Morgan fingerprint density at radius 2 is 1.84 bits per heavy atom. The fourth-order valence-corrected chi connectivity index (χ4v) is 3.22. The maximum Gasteiger partial charge on any atom is 0.203 e. The van der Waals surface area contributed by atoms with Crippen LogP contribution in [-0.2, 0) is 0 Å². The lowest BCUT2D eigenvalue weighted by atomic mass is 10.2. The predicted molar refractivity (Wildman–Crippen MR) is 81.1 cm³/mol. The van der Waals surface area contributed by atoms with Crippen molar-refractivity contribution in [3.05, 3.63) is 27.5 Å². The van der Waals surface area contributed by atoms with Crippen molar-refractivity contribution in [1.82, 2.24) is 14.5 Å². The molecular formula is C14H22N4S. The van der Waals surface area contributed by atoms with Crippen molar-refractivity contribution < 1.29 is 0 Å². The molecule has 0 amide bonds. The van der Waals surface area contributed by atoms with E-state index in [1.807, 2.05) is 6.92 Å². The highest BCUT2D eigenvalue weighted by Gasteiger charge is 2.18. The molecule has 19 heavy (non-hydrogen) atoms. The Bertz CT molecular complexity index is 568. The van der Waals surface area contributed by atoms with Gasteiger partial charge in [0, 0.05) is 12.2 Å². The van der Waals surface area contributed by atoms with Crippen LogP contribution in [0.25, 0.3) is 0 Å². The van der Waals surface area contributed by atoms with Gasteiger partial charge in [-0.15, -0.1) is 11.3 Å². The lowest BCUT2D eigenvalue weighted by molar-refractivity contribution is 0.643. The van der Waals surface area contributed by atoms with Crippen LogP contribution in [0.15, 0.2) is 6.20 Å². The number of hydrogen-bond donors (Lipinski definition) is 1. The second-order valence-corrected chi connectivity index (χ2v) is 6.51. The number of nitrogens with one attached hydrogen (secondary N) is 1. The normalized spacial score (nSPS) is 13.0. The fraction of sp³-hybridized carbons (Fsp3) is 0.571. The molecule has 0 bridgehead atoms. The Balaban J connectivity index is 2.38. The van der Waals surface area contributed by atoms with E-state index in [0.717, 1.165) is 22.3 Å². The third kappa shape index (κ3) is 2.97. The quantitative estimate of drug-likeness (QED) is 0.927. The Morgan fingerprint density at radius 1 is 1.16 bits per heavy atom. The highest BCUT2D eigenvalue weighted by atomic mass is 32.1. The van der Waals surface area contributed by atoms with Crippen molar-refractivity contribution in [2.24, 2.45) is 0 Å². The SMILES string of the molecule is Cc1cn(C(C)c2sc(C)nc2C)c(NC(C)C)n1. The highest BCUT2D eigenvalue weighted by Crippen LogP contribution is 2.30. The van der Waals surface area contributed by atoms with Crippen LogP contribution in [0.4, 0.5) is 5.95 Å². The molecule has 0 saturated heterocycles. The average Bonchev–Trinajstić information content (AvgIpc) is 2.80. The summed E-state index contributed by atoms with van der Waals surface area (Å²) in [6.07, 6.45) is 2.10. The number of aromatic nitrogens is 3. The summed E-state index contributed by atoms with van der Waals surface area (Å²) < 4.78 is 2.20. The van der Waals surface area contributed by atoms with Gasteiger partial charge in [0.05, 0.1) is 27.3 Å². The first-order chi connectivity index (χ1) is 8.88. The molecule has 0 aromatic carbocycles. The van der Waals surface area contributed by atoms with Gasteiger partial charge < -0.3 is 9.88 Å². The second kappa shape index (κ2) is 5.33. The van der Waals surface area contributed by atoms with Crippen molar-refractivity contribution in [2.45, 2.75) is 53.6 Å².